The molecule has 18 heavy (non-hydrogen) atoms. The molecule has 0 amide bonds. The maximum atomic E-state index is 13.7. The lowest BCUT2D eigenvalue weighted by Crippen LogP contribution is -2.50. The van der Waals surface area contributed by atoms with Gasteiger partial charge in [0.15, 0.2) is 12.1 Å². The van der Waals surface area contributed by atoms with Crippen LogP contribution in [0.25, 0.3) is 0 Å². The number of nitrogen functional groups attached to an aromatic ring is 1. The maximum absolute atomic E-state index is 13.7. The summed E-state index contributed by atoms with van der Waals surface area (Å²) < 4.78 is 13.7. The van der Waals surface area contributed by atoms with Crippen LogP contribution in [-0.2, 0) is 0 Å². The summed E-state index contributed by atoms with van der Waals surface area (Å²) in [5.41, 5.74) is 6.30. The predicted molar refractivity (Wildman–Crippen MR) is 67.8 cm³/mol. The summed E-state index contributed by atoms with van der Waals surface area (Å²) in [5.74, 6) is 0.885. The number of nitrogens with one attached hydrogen (secondary N) is 3. The normalized spacial score (nSPS) is 30.4. The topological polar surface area (TPSA) is 87.9 Å². The predicted octanol–water partition coefficient (Wildman–Crippen LogP) is 1.05. The van der Waals surface area contributed by atoms with Crippen LogP contribution in [0.3, 0.4) is 0 Å². The Morgan fingerprint density at radius 1 is 1.33 bits per heavy atom. The molecule has 98 valence electrons. The molecular weight excluding hydrogens is 235 g/mol. The fourth-order valence-electron chi connectivity index (χ4n) is 2.51. The highest BCUT2D eigenvalue weighted by Crippen LogP contribution is 2.27. The summed E-state index contributed by atoms with van der Waals surface area (Å²) in [7, 11) is 0. The number of hydrogen-bond donors (Lipinski definition) is 4. The Morgan fingerprint density at radius 2 is 2.17 bits per heavy atom. The van der Waals surface area contributed by atoms with E-state index in [-0.39, 0.29) is 18.3 Å². The van der Waals surface area contributed by atoms with E-state index in [0.717, 1.165) is 24.9 Å². The van der Waals surface area contributed by atoms with Crippen LogP contribution in [0.2, 0.25) is 0 Å². The lowest BCUT2D eigenvalue weighted by Gasteiger charge is -2.29. The second kappa shape index (κ2) is 4.56. The van der Waals surface area contributed by atoms with Crippen molar-refractivity contribution in [1.82, 2.24) is 15.3 Å². The Hall–Kier alpha value is -1.63. The highest BCUT2D eigenvalue weighted by atomic mass is 19.1. The van der Waals surface area contributed by atoms with Crippen molar-refractivity contribution >= 4 is 17.5 Å². The monoisotopic (exact) mass is 252 g/mol. The Balaban J connectivity index is 1.63. The van der Waals surface area contributed by atoms with Crippen LogP contribution < -0.4 is 21.7 Å². The van der Waals surface area contributed by atoms with Gasteiger partial charge in [-0.15, -0.1) is 0 Å². The number of aromatic nitrogens is 2. The highest BCUT2D eigenvalue weighted by Gasteiger charge is 2.29. The van der Waals surface area contributed by atoms with E-state index in [1.54, 1.807) is 6.20 Å². The molecule has 1 saturated carbocycles. The van der Waals surface area contributed by atoms with Crippen molar-refractivity contribution in [3.05, 3.63) is 6.20 Å². The van der Waals surface area contributed by atoms with Gasteiger partial charge in [-0.2, -0.15) is 4.98 Å². The molecule has 0 spiro atoms. The minimum Gasteiger partial charge on any atom is -0.368 e. The number of hydrogen-bond acceptors (Lipinski definition) is 6. The minimum absolute atomic E-state index is 0.108. The third kappa shape index (κ3) is 2.17. The Bertz CT molecular complexity index is 440. The first-order valence-corrected chi connectivity index (χ1v) is 6.28. The van der Waals surface area contributed by atoms with Crippen molar-refractivity contribution in [2.24, 2.45) is 0 Å². The standard InChI is InChI=1S/C11H17FN6/c12-6-3-1-2-4-7(6)15-11-16-8-5-14-10(13)17-9(8)18-11/h5-7,11,15-16H,1-4H2,(H3,13,14,17,18). The molecule has 1 aliphatic carbocycles. The van der Waals surface area contributed by atoms with Gasteiger partial charge in [0, 0.05) is 6.04 Å². The minimum atomic E-state index is -0.776. The molecule has 3 rings (SSSR count). The SMILES string of the molecule is Nc1ncc2c(n1)NC(NC1CCCCC1F)N2. The molecule has 1 aromatic rings. The first kappa shape index (κ1) is 11.5. The number of anilines is 3. The van der Waals surface area contributed by atoms with Gasteiger partial charge in [0.1, 0.15) is 6.17 Å². The smallest absolute Gasteiger partial charge is 0.222 e. The summed E-state index contributed by atoms with van der Waals surface area (Å²) in [6.45, 7) is 0. The van der Waals surface area contributed by atoms with E-state index in [4.69, 9.17) is 5.73 Å². The van der Waals surface area contributed by atoms with E-state index < -0.39 is 6.17 Å². The molecule has 0 radical (unpaired) electrons. The van der Waals surface area contributed by atoms with E-state index in [2.05, 4.69) is 25.9 Å². The zero-order chi connectivity index (χ0) is 12.5. The van der Waals surface area contributed by atoms with Crippen LogP contribution in [0.4, 0.5) is 21.8 Å². The molecule has 6 nitrogen and oxygen atoms in total. The van der Waals surface area contributed by atoms with Gasteiger partial charge in [-0.25, -0.2) is 9.37 Å². The first-order valence-electron chi connectivity index (χ1n) is 6.28. The summed E-state index contributed by atoms with van der Waals surface area (Å²) in [6.07, 6.45) is 4.20. The van der Waals surface area contributed by atoms with Gasteiger partial charge in [-0.05, 0) is 12.8 Å². The molecule has 5 N–H and O–H groups in total. The molecule has 0 aromatic carbocycles. The number of alkyl halides is 1. The van der Waals surface area contributed by atoms with E-state index in [1.807, 2.05) is 0 Å². The van der Waals surface area contributed by atoms with Crippen molar-refractivity contribution in [3.8, 4) is 0 Å². The Labute approximate surface area is 105 Å². The van der Waals surface area contributed by atoms with Crippen molar-refractivity contribution < 1.29 is 4.39 Å². The largest absolute Gasteiger partial charge is 0.368 e. The first-order chi connectivity index (χ1) is 8.72. The average Bonchev–Trinajstić information content (AvgIpc) is 2.73. The zero-order valence-corrected chi connectivity index (χ0v) is 9.99. The second-order valence-electron chi connectivity index (χ2n) is 4.79. The molecule has 0 bridgehead atoms. The molecule has 2 aliphatic rings. The van der Waals surface area contributed by atoms with Gasteiger partial charge in [0.2, 0.25) is 5.95 Å². The highest BCUT2D eigenvalue weighted by molar-refractivity contribution is 5.70. The lowest BCUT2D eigenvalue weighted by molar-refractivity contribution is 0.184. The zero-order valence-electron chi connectivity index (χ0n) is 9.99. The second-order valence-corrected chi connectivity index (χ2v) is 4.79. The van der Waals surface area contributed by atoms with Gasteiger partial charge in [-0.1, -0.05) is 12.8 Å². The molecule has 1 aromatic heterocycles. The molecule has 3 unspecified atom stereocenters. The Kier molecular flexibility index (Phi) is 2.91. The van der Waals surface area contributed by atoms with Crippen LogP contribution in [-0.4, -0.2) is 28.5 Å². The molecule has 2 heterocycles. The van der Waals surface area contributed by atoms with Crippen molar-refractivity contribution in [2.45, 2.75) is 44.2 Å². The quantitative estimate of drug-likeness (QED) is 0.629. The molecular formula is C11H17FN6. The third-order valence-electron chi connectivity index (χ3n) is 3.45. The average molecular weight is 252 g/mol. The molecule has 0 saturated heterocycles. The third-order valence-corrected chi connectivity index (χ3v) is 3.45. The van der Waals surface area contributed by atoms with E-state index in [9.17, 15) is 4.39 Å². The summed E-state index contributed by atoms with van der Waals surface area (Å²) in [4.78, 5) is 7.98. The van der Waals surface area contributed by atoms with Gasteiger partial charge in [0.05, 0.1) is 11.9 Å². The Morgan fingerprint density at radius 3 is 3.00 bits per heavy atom. The van der Waals surface area contributed by atoms with Crippen LogP contribution in [0.15, 0.2) is 6.20 Å². The van der Waals surface area contributed by atoms with Crippen molar-refractivity contribution in [3.63, 3.8) is 0 Å². The van der Waals surface area contributed by atoms with Crippen molar-refractivity contribution in [2.75, 3.05) is 16.4 Å². The van der Waals surface area contributed by atoms with Crippen LogP contribution in [0, 0.1) is 0 Å². The molecule has 1 fully saturated rings. The fourth-order valence-corrected chi connectivity index (χ4v) is 2.51. The number of fused-ring (bicyclic) bond motifs is 1. The molecule has 7 heteroatoms. The van der Waals surface area contributed by atoms with Gasteiger partial charge >= 0.3 is 0 Å². The summed E-state index contributed by atoms with van der Waals surface area (Å²) in [6, 6.07) is -0.108. The van der Waals surface area contributed by atoms with E-state index >= 15 is 0 Å². The number of nitrogens with two attached hydrogens (primary N) is 1. The van der Waals surface area contributed by atoms with Gasteiger partial charge < -0.3 is 16.4 Å². The van der Waals surface area contributed by atoms with Crippen LogP contribution in [0.5, 0.6) is 0 Å². The van der Waals surface area contributed by atoms with Crippen LogP contribution in [0.1, 0.15) is 25.7 Å². The molecule has 1 aliphatic heterocycles. The number of nitrogens with zero attached hydrogens (tertiary/aromatic N) is 2. The summed E-state index contributed by atoms with van der Waals surface area (Å²) >= 11 is 0. The van der Waals surface area contributed by atoms with E-state index in [1.165, 1.54) is 0 Å². The number of halogens is 1. The van der Waals surface area contributed by atoms with E-state index in [0.29, 0.717) is 12.2 Å². The molecule has 3 atom stereocenters. The maximum Gasteiger partial charge on any atom is 0.222 e. The number of rotatable bonds is 2. The fraction of sp³-hybridized carbons (Fsp3) is 0.636. The summed E-state index contributed by atoms with van der Waals surface area (Å²) in [5, 5.41) is 9.51. The van der Waals surface area contributed by atoms with Crippen LogP contribution >= 0.6 is 0 Å². The van der Waals surface area contributed by atoms with Crippen molar-refractivity contribution in [1.29, 1.82) is 0 Å². The van der Waals surface area contributed by atoms with Gasteiger partial charge in [0.25, 0.3) is 0 Å². The lowest BCUT2D eigenvalue weighted by atomic mass is 9.94. The van der Waals surface area contributed by atoms with Gasteiger partial charge in [-0.3, -0.25) is 5.32 Å².